The molecule has 88 heavy (non-hydrogen) atoms. The Hall–Kier alpha value is -8.30. The highest BCUT2D eigenvalue weighted by Gasteiger charge is 2.23. The standard InChI is InChI=1S/C18H18N4O2S.C18H20N4OS.C16H16N4OS.C11H6BrN3OS/c1-11-3-7-22(8-4-11)18(24)12-2-6-19-14(10-12)16-20-13-5-9-25-15(13)17(23)21-16;1-12-3-7-22(8-4-12)11-13-2-6-19-15(10-13)17-20-14-5-9-24-16(14)18(23)21-17;21-15-14-13(12(10-22-14)11-4-2-1-3-5-11)18-16(19-15)20-8-6-17-7-9-20;12-6-1-2-8(13-5-6)10-14-7-3-4-17-9(7)11(16)15-10/h2,5-6,9-11H,3-4,7-8H2,1H3,(H,20,21,23);2,5-6,9-10,12H,3-4,7-8,11H2,1H3,(H,20,21,23);1-5,10,17H,6-9H2,(H,18,19,21);1-5H,(H,14,15,16). The number of pyridine rings is 3. The lowest BCUT2D eigenvalue weighted by atomic mass is 9.98. The first kappa shape index (κ1) is 60.0. The fraction of sp³-hybridized carbons (Fsp3) is 0.270. The van der Waals surface area contributed by atoms with Crippen molar-refractivity contribution >= 4 is 114 Å². The minimum atomic E-state index is -0.182. The van der Waals surface area contributed by atoms with Crippen molar-refractivity contribution in [3.63, 3.8) is 0 Å². The molecule has 3 fully saturated rings. The molecule has 0 unspecified atom stereocenters. The van der Waals surface area contributed by atoms with Crippen molar-refractivity contribution in [2.24, 2.45) is 11.8 Å². The normalized spacial score (nSPS) is 14.9. The highest BCUT2D eigenvalue weighted by atomic mass is 79.9. The van der Waals surface area contributed by atoms with Crippen LogP contribution in [0, 0.1) is 11.8 Å². The van der Waals surface area contributed by atoms with E-state index >= 15 is 0 Å². The van der Waals surface area contributed by atoms with Crippen molar-refractivity contribution in [3.05, 3.63) is 182 Å². The Morgan fingerprint density at radius 2 is 1.11 bits per heavy atom. The molecule has 12 aromatic rings. The van der Waals surface area contributed by atoms with Crippen LogP contribution < -0.4 is 32.5 Å². The zero-order valence-electron chi connectivity index (χ0n) is 48.0. The number of hydrogen-bond acceptors (Lipinski definition) is 19. The first-order valence-corrected chi connectivity index (χ1v) is 33.2. The fourth-order valence-electron chi connectivity index (χ4n) is 10.5. The van der Waals surface area contributed by atoms with E-state index in [4.69, 9.17) is 4.98 Å². The Bertz CT molecular complexity index is 4650. The van der Waals surface area contributed by atoms with Gasteiger partial charge in [0.25, 0.3) is 28.1 Å². The van der Waals surface area contributed by atoms with Crippen molar-refractivity contribution in [1.29, 1.82) is 0 Å². The summed E-state index contributed by atoms with van der Waals surface area (Å²) in [6, 6.07) is 26.8. The molecule has 1 amide bonds. The van der Waals surface area contributed by atoms with Gasteiger partial charge in [-0.05, 0) is 148 Å². The van der Waals surface area contributed by atoms with E-state index in [0.717, 1.165) is 110 Å². The van der Waals surface area contributed by atoms with E-state index in [0.29, 0.717) is 76.1 Å². The summed E-state index contributed by atoms with van der Waals surface area (Å²) in [6.07, 6.45) is 9.67. The predicted octanol–water partition coefficient (Wildman–Crippen LogP) is 11.1. The number of carbonyl (C=O) groups excluding carboxylic acids is 1. The second kappa shape index (κ2) is 27.4. The Kier molecular flexibility index (Phi) is 18.7. The van der Waals surface area contributed by atoms with Gasteiger partial charge in [0.1, 0.15) is 35.9 Å². The van der Waals surface area contributed by atoms with Gasteiger partial charge in [-0.2, -0.15) is 0 Å². The second-order valence-electron chi connectivity index (χ2n) is 21.7. The van der Waals surface area contributed by atoms with Gasteiger partial charge in [0.15, 0.2) is 17.5 Å². The molecule has 25 heteroatoms. The predicted molar refractivity (Wildman–Crippen MR) is 357 cm³/mol. The van der Waals surface area contributed by atoms with Gasteiger partial charge in [-0.25, -0.2) is 19.9 Å². The number of likely N-dealkylation sites (tertiary alicyclic amines) is 2. The van der Waals surface area contributed by atoms with Crippen LogP contribution in [0.15, 0.2) is 149 Å². The molecule has 14 heterocycles. The number of nitrogens with zero attached hydrogens (tertiary/aromatic N) is 10. The van der Waals surface area contributed by atoms with E-state index < -0.39 is 0 Å². The topological polar surface area (TPSA) is 260 Å². The van der Waals surface area contributed by atoms with Gasteiger partial charge in [0.05, 0.1) is 22.1 Å². The summed E-state index contributed by atoms with van der Waals surface area (Å²) in [4.78, 5) is 110. The van der Waals surface area contributed by atoms with Crippen LogP contribution in [0.4, 0.5) is 5.95 Å². The van der Waals surface area contributed by atoms with E-state index in [1.807, 2.05) is 81.0 Å². The molecule has 0 aliphatic carbocycles. The number of benzene rings is 1. The number of thiophene rings is 4. The van der Waals surface area contributed by atoms with Crippen LogP contribution in [0.1, 0.15) is 55.5 Å². The summed E-state index contributed by atoms with van der Waals surface area (Å²) in [5, 5.41) is 10.9. The number of rotatable bonds is 8. The number of aromatic nitrogens is 11. The molecule has 11 aromatic heterocycles. The molecule has 3 aliphatic rings. The summed E-state index contributed by atoms with van der Waals surface area (Å²) in [6.45, 7) is 12.9. The zero-order valence-corrected chi connectivity index (χ0v) is 52.8. The maximum absolute atomic E-state index is 12.7. The van der Waals surface area contributed by atoms with E-state index in [1.165, 1.54) is 63.8 Å². The van der Waals surface area contributed by atoms with Crippen LogP contribution in [0.25, 0.3) is 86.5 Å². The van der Waals surface area contributed by atoms with Crippen LogP contribution in [0.5, 0.6) is 0 Å². The molecule has 20 nitrogen and oxygen atoms in total. The Balaban J connectivity index is 0.000000115. The Morgan fingerprint density at radius 1 is 0.568 bits per heavy atom. The van der Waals surface area contributed by atoms with Crippen LogP contribution in [-0.4, -0.2) is 123 Å². The van der Waals surface area contributed by atoms with E-state index in [9.17, 15) is 24.0 Å². The molecular weight excluding hydrogens is 1250 g/mol. The van der Waals surface area contributed by atoms with Crippen molar-refractivity contribution in [3.8, 4) is 45.7 Å². The number of anilines is 1. The SMILES string of the molecule is CC1CCN(C(=O)c2ccnc(-c3nc4ccsc4c(=O)[nH]3)c2)CC1.CC1CCN(Cc2ccnc(-c3nc4ccsc4c(=O)[nH]3)c2)CC1.O=c1[nH]c(-c2ccc(Br)cn2)nc2ccsc12.O=c1[nH]c(N2CCNCC2)nc2c(-c3ccccc3)csc12. The molecule has 1 aromatic carbocycles. The number of piperidine rings is 2. The van der Waals surface area contributed by atoms with E-state index in [-0.39, 0.29) is 28.1 Å². The summed E-state index contributed by atoms with van der Waals surface area (Å²) in [7, 11) is 0. The molecule has 15 rings (SSSR count). The summed E-state index contributed by atoms with van der Waals surface area (Å²) in [5.74, 6) is 3.61. The van der Waals surface area contributed by atoms with Gasteiger partial charge in [-0.15, -0.1) is 45.3 Å². The van der Waals surface area contributed by atoms with Gasteiger partial charge < -0.3 is 30.1 Å². The zero-order chi connectivity index (χ0) is 60.7. The monoisotopic (exact) mass is 1310 g/mol. The quantitative estimate of drug-likeness (QED) is 0.0947. The van der Waals surface area contributed by atoms with Crippen LogP contribution in [0.2, 0.25) is 0 Å². The van der Waals surface area contributed by atoms with Crippen LogP contribution in [-0.2, 0) is 6.54 Å². The summed E-state index contributed by atoms with van der Waals surface area (Å²) in [5.41, 5.74) is 8.23. The minimum Gasteiger partial charge on any atom is -0.340 e. The van der Waals surface area contributed by atoms with Gasteiger partial charge in [-0.1, -0.05) is 44.2 Å². The van der Waals surface area contributed by atoms with Crippen molar-refractivity contribution in [2.45, 2.75) is 46.1 Å². The molecule has 0 spiro atoms. The number of aromatic amines is 4. The first-order chi connectivity index (χ1) is 42.9. The first-order valence-electron chi connectivity index (χ1n) is 28.9. The smallest absolute Gasteiger partial charge is 0.270 e. The number of amides is 1. The minimum absolute atomic E-state index is 0.00880. The molecule has 3 saturated heterocycles. The van der Waals surface area contributed by atoms with Gasteiger partial charge in [0.2, 0.25) is 5.95 Å². The number of H-pyrrole nitrogens is 4. The Morgan fingerprint density at radius 3 is 1.69 bits per heavy atom. The third-order valence-electron chi connectivity index (χ3n) is 15.5. The number of hydrogen-bond donors (Lipinski definition) is 5. The lowest BCUT2D eigenvalue weighted by Gasteiger charge is -2.30. The lowest BCUT2D eigenvalue weighted by Crippen LogP contribution is -2.44. The third kappa shape index (κ3) is 14.0. The van der Waals surface area contributed by atoms with Crippen LogP contribution in [0.3, 0.4) is 0 Å². The molecule has 0 radical (unpaired) electrons. The molecule has 0 atom stereocenters. The van der Waals surface area contributed by atoms with Crippen LogP contribution >= 0.6 is 61.3 Å². The van der Waals surface area contributed by atoms with Gasteiger partial charge in [0, 0.05) is 85.4 Å². The summed E-state index contributed by atoms with van der Waals surface area (Å²) < 4.78 is 3.49. The number of nitrogens with one attached hydrogen (secondary N) is 5. The van der Waals surface area contributed by atoms with Crippen molar-refractivity contribution in [2.75, 3.05) is 57.3 Å². The molecular formula is C63H60BrN15O5S4. The average Bonchev–Trinajstić information content (AvgIpc) is 2.47. The maximum Gasteiger partial charge on any atom is 0.270 e. The molecule has 5 N–H and O–H groups in total. The lowest BCUT2D eigenvalue weighted by molar-refractivity contribution is 0.0697. The summed E-state index contributed by atoms with van der Waals surface area (Å²) >= 11 is 8.92. The van der Waals surface area contributed by atoms with Gasteiger partial charge in [-0.3, -0.25) is 48.8 Å². The highest BCUT2D eigenvalue weighted by Crippen LogP contribution is 2.32. The second-order valence-corrected chi connectivity index (χ2v) is 26.3. The highest BCUT2D eigenvalue weighted by molar-refractivity contribution is 9.10. The fourth-order valence-corrected chi connectivity index (χ4v) is 13.9. The Labute approximate surface area is 528 Å². The van der Waals surface area contributed by atoms with Crippen molar-refractivity contribution in [1.82, 2.24) is 69.9 Å². The third-order valence-corrected chi connectivity index (χ3v) is 19.6. The maximum atomic E-state index is 12.7. The van der Waals surface area contributed by atoms with E-state index in [2.05, 4.69) is 107 Å². The molecule has 448 valence electrons. The largest absolute Gasteiger partial charge is 0.340 e. The van der Waals surface area contributed by atoms with E-state index in [1.54, 1.807) is 36.8 Å². The number of halogens is 1. The number of piperazine rings is 1. The average molecular weight is 1320 g/mol. The van der Waals surface area contributed by atoms with Crippen molar-refractivity contribution < 1.29 is 4.79 Å². The number of fused-ring (bicyclic) bond motifs is 4. The molecule has 0 bridgehead atoms. The molecule has 3 aliphatic heterocycles. The van der Waals surface area contributed by atoms with Gasteiger partial charge >= 0.3 is 0 Å². The number of carbonyl (C=O) groups is 1. The molecule has 0 saturated carbocycles.